The van der Waals surface area contributed by atoms with Gasteiger partial charge >= 0.3 is 5.97 Å². The van der Waals surface area contributed by atoms with Gasteiger partial charge in [-0.15, -0.1) is 0 Å². The van der Waals surface area contributed by atoms with Gasteiger partial charge in [0.25, 0.3) is 0 Å². The van der Waals surface area contributed by atoms with E-state index in [-0.39, 0.29) is 11.9 Å². The average Bonchev–Trinajstić information content (AvgIpc) is 3.22. The monoisotopic (exact) mass is 250 g/mol. The number of carbonyl (C=O) groups excluding carboxylic acids is 1. The van der Waals surface area contributed by atoms with E-state index < -0.39 is 0 Å². The fourth-order valence-electron chi connectivity index (χ4n) is 2.17. The number of esters is 1. The minimum atomic E-state index is -0.209. The average molecular weight is 250 g/mol. The Morgan fingerprint density at radius 2 is 1.67 bits per heavy atom. The summed E-state index contributed by atoms with van der Waals surface area (Å²) in [4.78, 5) is 11.9. The molecular formula is C14H18O4. The molecule has 1 aliphatic rings. The molecule has 0 spiro atoms. The molecule has 4 heteroatoms. The SMILES string of the molecule is COC(=O)C(c1cc(OC)cc(OC)c1)C1CC1. The maximum absolute atomic E-state index is 11.9. The molecule has 2 rings (SSSR count). The standard InChI is InChI=1S/C14H18O4/c1-16-11-6-10(7-12(8-11)17-2)13(9-4-5-9)14(15)18-3/h6-9,13H,4-5H2,1-3H3. The highest BCUT2D eigenvalue weighted by Gasteiger charge is 2.38. The van der Waals surface area contributed by atoms with Gasteiger partial charge in [-0.1, -0.05) is 0 Å². The van der Waals surface area contributed by atoms with E-state index in [0.29, 0.717) is 17.4 Å². The van der Waals surface area contributed by atoms with Crippen LogP contribution in [0, 0.1) is 5.92 Å². The Hall–Kier alpha value is -1.71. The zero-order valence-electron chi connectivity index (χ0n) is 10.9. The van der Waals surface area contributed by atoms with Crippen molar-refractivity contribution < 1.29 is 19.0 Å². The molecule has 0 amide bonds. The van der Waals surface area contributed by atoms with Gasteiger partial charge in [-0.25, -0.2) is 0 Å². The minimum absolute atomic E-state index is 0.187. The lowest BCUT2D eigenvalue weighted by molar-refractivity contribution is -0.143. The van der Waals surface area contributed by atoms with Crippen LogP contribution in [0.5, 0.6) is 11.5 Å². The Kier molecular flexibility index (Phi) is 3.75. The first-order valence-corrected chi connectivity index (χ1v) is 6.00. The molecule has 4 nitrogen and oxygen atoms in total. The Balaban J connectivity index is 2.36. The Labute approximate surface area is 107 Å². The fraction of sp³-hybridized carbons (Fsp3) is 0.500. The van der Waals surface area contributed by atoms with Crippen LogP contribution in [-0.2, 0) is 9.53 Å². The highest BCUT2D eigenvalue weighted by Crippen LogP contribution is 2.44. The second kappa shape index (κ2) is 5.29. The van der Waals surface area contributed by atoms with Crippen molar-refractivity contribution in [2.45, 2.75) is 18.8 Å². The van der Waals surface area contributed by atoms with E-state index in [1.54, 1.807) is 20.3 Å². The summed E-state index contributed by atoms with van der Waals surface area (Å²) in [6, 6.07) is 5.55. The molecule has 0 bridgehead atoms. The van der Waals surface area contributed by atoms with Crippen LogP contribution < -0.4 is 9.47 Å². The summed E-state index contributed by atoms with van der Waals surface area (Å²) in [5.41, 5.74) is 0.903. The maximum atomic E-state index is 11.9. The number of ether oxygens (including phenoxy) is 3. The second-order valence-electron chi connectivity index (χ2n) is 4.48. The fourth-order valence-corrected chi connectivity index (χ4v) is 2.17. The quantitative estimate of drug-likeness (QED) is 0.753. The molecular weight excluding hydrogens is 232 g/mol. The topological polar surface area (TPSA) is 44.8 Å². The Bertz CT molecular complexity index is 415. The zero-order chi connectivity index (χ0) is 13.1. The van der Waals surface area contributed by atoms with E-state index in [1.165, 1.54) is 7.11 Å². The lowest BCUT2D eigenvalue weighted by Gasteiger charge is -2.16. The van der Waals surface area contributed by atoms with Crippen molar-refractivity contribution in [2.24, 2.45) is 5.92 Å². The van der Waals surface area contributed by atoms with E-state index in [2.05, 4.69) is 0 Å². The summed E-state index contributed by atoms with van der Waals surface area (Å²) in [5.74, 6) is 1.37. The maximum Gasteiger partial charge on any atom is 0.313 e. The van der Waals surface area contributed by atoms with Crippen molar-refractivity contribution in [1.82, 2.24) is 0 Å². The van der Waals surface area contributed by atoms with E-state index in [1.807, 2.05) is 12.1 Å². The molecule has 0 heterocycles. The number of rotatable bonds is 5. The van der Waals surface area contributed by atoms with E-state index >= 15 is 0 Å². The van der Waals surface area contributed by atoms with Crippen LogP contribution in [0.4, 0.5) is 0 Å². The summed E-state index contributed by atoms with van der Waals surface area (Å²) in [7, 11) is 4.63. The molecule has 1 aliphatic carbocycles. The molecule has 1 unspecified atom stereocenters. The first-order valence-electron chi connectivity index (χ1n) is 6.00. The second-order valence-corrected chi connectivity index (χ2v) is 4.48. The molecule has 1 saturated carbocycles. The molecule has 0 N–H and O–H groups in total. The van der Waals surface area contributed by atoms with Crippen molar-refractivity contribution >= 4 is 5.97 Å². The largest absolute Gasteiger partial charge is 0.497 e. The first-order chi connectivity index (χ1) is 8.69. The van der Waals surface area contributed by atoms with Crippen LogP contribution >= 0.6 is 0 Å². The van der Waals surface area contributed by atoms with Gasteiger partial charge in [0.1, 0.15) is 11.5 Å². The van der Waals surface area contributed by atoms with Gasteiger partial charge in [-0.2, -0.15) is 0 Å². The molecule has 0 aromatic heterocycles. The number of hydrogen-bond acceptors (Lipinski definition) is 4. The summed E-state index contributed by atoms with van der Waals surface area (Å²) in [5, 5.41) is 0. The molecule has 1 aromatic carbocycles. The van der Waals surface area contributed by atoms with Gasteiger partial charge in [0.05, 0.1) is 27.2 Å². The van der Waals surface area contributed by atoms with E-state index in [9.17, 15) is 4.79 Å². The minimum Gasteiger partial charge on any atom is -0.497 e. The third kappa shape index (κ3) is 2.58. The van der Waals surface area contributed by atoms with Crippen molar-refractivity contribution in [1.29, 1.82) is 0 Å². The molecule has 1 aromatic rings. The summed E-state index contributed by atoms with van der Waals surface area (Å²) in [6.45, 7) is 0. The molecule has 1 fully saturated rings. The Morgan fingerprint density at radius 3 is 2.06 bits per heavy atom. The molecule has 0 aliphatic heterocycles. The molecule has 0 radical (unpaired) electrons. The van der Waals surface area contributed by atoms with Crippen molar-refractivity contribution in [2.75, 3.05) is 21.3 Å². The van der Waals surface area contributed by atoms with E-state index in [4.69, 9.17) is 14.2 Å². The van der Waals surface area contributed by atoms with Crippen LogP contribution in [0.25, 0.3) is 0 Å². The zero-order valence-corrected chi connectivity index (χ0v) is 10.9. The van der Waals surface area contributed by atoms with Crippen molar-refractivity contribution in [3.05, 3.63) is 23.8 Å². The highest BCUT2D eigenvalue weighted by molar-refractivity contribution is 5.79. The number of methoxy groups -OCH3 is 3. The third-order valence-electron chi connectivity index (χ3n) is 3.28. The van der Waals surface area contributed by atoms with Gasteiger partial charge in [0.15, 0.2) is 0 Å². The Morgan fingerprint density at radius 1 is 1.11 bits per heavy atom. The third-order valence-corrected chi connectivity index (χ3v) is 3.28. The number of benzene rings is 1. The first kappa shape index (κ1) is 12.7. The normalized spacial score (nSPS) is 15.9. The molecule has 0 saturated heterocycles. The van der Waals surface area contributed by atoms with Crippen molar-refractivity contribution in [3.8, 4) is 11.5 Å². The van der Waals surface area contributed by atoms with Crippen LogP contribution in [0.2, 0.25) is 0 Å². The van der Waals surface area contributed by atoms with Gasteiger partial charge in [-0.3, -0.25) is 4.79 Å². The van der Waals surface area contributed by atoms with Gasteiger partial charge < -0.3 is 14.2 Å². The smallest absolute Gasteiger partial charge is 0.313 e. The highest BCUT2D eigenvalue weighted by atomic mass is 16.5. The predicted octanol–water partition coefficient (Wildman–Crippen LogP) is 2.37. The molecule has 18 heavy (non-hydrogen) atoms. The number of hydrogen-bond donors (Lipinski definition) is 0. The molecule has 98 valence electrons. The number of carbonyl (C=O) groups is 1. The van der Waals surface area contributed by atoms with Crippen molar-refractivity contribution in [3.63, 3.8) is 0 Å². The van der Waals surface area contributed by atoms with Gasteiger partial charge in [0.2, 0.25) is 0 Å². The molecule has 1 atom stereocenters. The van der Waals surface area contributed by atoms with Crippen LogP contribution in [0.1, 0.15) is 24.3 Å². The summed E-state index contributed by atoms with van der Waals surface area (Å²) in [6.07, 6.45) is 2.14. The van der Waals surface area contributed by atoms with E-state index in [0.717, 1.165) is 18.4 Å². The van der Waals surface area contributed by atoms with Gasteiger partial charge in [0, 0.05) is 6.07 Å². The lowest BCUT2D eigenvalue weighted by atomic mass is 9.94. The predicted molar refractivity (Wildman–Crippen MR) is 67.0 cm³/mol. The summed E-state index contributed by atoms with van der Waals surface area (Å²) >= 11 is 0. The van der Waals surface area contributed by atoms with Gasteiger partial charge in [-0.05, 0) is 36.5 Å². The van der Waals surface area contributed by atoms with Crippen LogP contribution in [0.15, 0.2) is 18.2 Å². The van der Waals surface area contributed by atoms with Crippen LogP contribution in [-0.4, -0.2) is 27.3 Å². The lowest BCUT2D eigenvalue weighted by Crippen LogP contribution is -2.16. The van der Waals surface area contributed by atoms with Crippen LogP contribution in [0.3, 0.4) is 0 Å². The summed E-state index contributed by atoms with van der Waals surface area (Å²) < 4.78 is 15.4.